The molecule has 3 atom stereocenters. The van der Waals surface area contributed by atoms with Gasteiger partial charge >= 0.3 is 0 Å². The molecule has 25 heavy (non-hydrogen) atoms. The Morgan fingerprint density at radius 1 is 1.20 bits per heavy atom. The summed E-state index contributed by atoms with van der Waals surface area (Å²) in [6.07, 6.45) is 2.01. The van der Waals surface area contributed by atoms with Gasteiger partial charge in [-0.2, -0.15) is 15.1 Å². The largest absolute Gasteiger partial charge is 0.481 e. The van der Waals surface area contributed by atoms with Crippen molar-refractivity contribution in [3.8, 4) is 5.88 Å². The number of methoxy groups -OCH3 is 1. The summed E-state index contributed by atoms with van der Waals surface area (Å²) in [7, 11) is 1.57. The monoisotopic (exact) mass is 347 g/mol. The molecule has 1 aliphatic rings. The second kappa shape index (κ2) is 7.66. The quantitative estimate of drug-likeness (QED) is 0.532. The molecule has 9 heteroatoms. The highest BCUT2D eigenvalue weighted by atomic mass is 16.5. The second-order valence-electron chi connectivity index (χ2n) is 6.46. The van der Waals surface area contributed by atoms with Crippen molar-refractivity contribution in [1.29, 1.82) is 0 Å². The number of aromatic amines is 1. The van der Waals surface area contributed by atoms with Gasteiger partial charge in [-0.25, -0.2) is 0 Å². The lowest BCUT2D eigenvalue weighted by molar-refractivity contribution is 0.276. The highest BCUT2D eigenvalue weighted by molar-refractivity contribution is 5.55. The summed E-state index contributed by atoms with van der Waals surface area (Å²) in [6.45, 7) is 4.26. The average Bonchev–Trinajstić information content (AvgIpc) is 3.01. The molecular weight excluding hydrogens is 322 g/mol. The number of aliphatic hydroxyl groups is 1. The molecule has 0 saturated carbocycles. The van der Waals surface area contributed by atoms with Crippen LogP contribution >= 0.6 is 0 Å². The predicted molar refractivity (Wildman–Crippen MR) is 95.1 cm³/mol. The Labute approximate surface area is 146 Å². The van der Waals surface area contributed by atoms with Crippen LogP contribution in [0.15, 0.2) is 12.1 Å². The zero-order chi connectivity index (χ0) is 17.8. The lowest BCUT2D eigenvalue weighted by Crippen LogP contribution is -2.46. The molecule has 1 fully saturated rings. The van der Waals surface area contributed by atoms with Crippen LogP contribution in [0.2, 0.25) is 0 Å². The van der Waals surface area contributed by atoms with Crippen molar-refractivity contribution in [3.05, 3.63) is 17.8 Å². The minimum absolute atomic E-state index is 0.0966. The van der Waals surface area contributed by atoms with E-state index in [0.717, 1.165) is 12.8 Å². The zero-order valence-corrected chi connectivity index (χ0v) is 14.7. The van der Waals surface area contributed by atoms with E-state index in [-0.39, 0.29) is 6.61 Å². The van der Waals surface area contributed by atoms with E-state index in [0.29, 0.717) is 47.3 Å². The third kappa shape index (κ3) is 4.58. The third-order valence-electron chi connectivity index (χ3n) is 4.15. The van der Waals surface area contributed by atoms with Gasteiger partial charge in [0.15, 0.2) is 5.82 Å². The molecule has 3 rings (SSSR count). The summed E-state index contributed by atoms with van der Waals surface area (Å²) < 4.78 is 5.28. The van der Waals surface area contributed by atoms with Gasteiger partial charge in [0.05, 0.1) is 19.4 Å². The Kier molecular flexibility index (Phi) is 5.34. The van der Waals surface area contributed by atoms with Crippen molar-refractivity contribution in [2.24, 2.45) is 0 Å². The van der Waals surface area contributed by atoms with Gasteiger partial charge in [0, 0.05) is 30.3 Å². The lowest BCUT2D eigenvalue weighted by atomic mass is 9.95. The van der Waals surface area contributed by atoms with Gasteiger partial charge in [-0.05, 0) is 26.7 Å². The van der Waals surface area contributed by atoms with E-state index < -0.39 is 0 Å². The Morgan fingerprint density at radius 2 is 1.96 bits per heavy atom. The molecular formula is C16H25N7O2. The fourth-order valence-corrected chi connectivity index (χ4v) is 3.17. The number of hydrogen-bond donors (Lipinski definition) is 5. The highest BCUT2D eigenvalue weighted by Gasteiger charge is 2.24. The lowest BCUT2D eigenvalue weighted by Gasteiger charge is -2.33. The van der Waals surface area contributed by atoms with Crippen molar-refractivity contribution in [1.82, 2.24) is 25.5 Å². The smallest absolute Gasteiger partial charge is 0.228 e. The molecule has 0 aromatic carbocycles. The number of aliphatic hydroxyl groups excluding tert-OH is 1. The molecule has 1 saturated heterocycles. The topological polar surface area (TPSA) is 120 Å². The number of ether oxygens (including phenoxy) is 1. The number of aromatic nitrogens is 4. The van der Waals surface area contributed by atoms with Crippen LogP contribution in [-0.4, -0.2) is 50.5 Å². The first kappa shape index (κ1) is 17.4. The van der Waals surface area contributed by atoms with E-state index in [9.17, 15) is 0 Å². The van der Waals surface area contributed by atoms with E-state index >= 15 is 0 Å². The third-order valence-corrected chi connectivity index (χ3v) is 4.15. The molecule has 136 valence electrons. The van der Waals surface area contributed by atoms with Crippen LogP contribution in [0.3, 0.4) is 0 Å². The molecule has 5 N–H and O–H groups in total. The molecule has 0 aliphatic carbocycles. The Bertz CT molecular complexity index is 696. The van der Waals surface area contributed by atoms with Crippen LogP contribution in [0.1, 0.15) is 32.4 Å². The second-order valence-corrected chi connectivity index (χ2v) is 6.46. The van der Waals surface area contributed by atoms with Gasteiger partial charge in [-0.15, -0.1) is 0 Å². The molecule has 2 aromatic heterocycles. The molecule has 2 aromatic rings. The Hall–Kier alpha value is -2.39. The number of nitrogens with zero attached hydrogens (tertiary/aromatic N) is 3. The van der Waals surface area contributed by atoms with Gasteiger partial charge in [-0.3, -0.25) is 5.10 Å². The maximum Gasteiger partial charge on any atom is 0.228 e. The van der Waals surface area contributed by atoms with Gasteiger partial charge in [0.25, 0.3) is 0 Å². The van der Waals surface area contributed by atoms with Gasteiger partial charge < -0.3 is 25.8 Å². The van der Waals surface area contributed by atoms with Crippen LogP contribution in [0.4, 0.5) is 17.6 Å². The van der Waals surface area contributed by atoms with Crippen LogP contribution in [0.25, 0.3) is 0 Å². The number of H-pyrrole nitrogens is 1. The summed E-state index contributed by atoms with van der Waals surface area (Å²) in [4.78, 5) is 8.89. The summed E-state index contributed by atoms with van der Waals surface area (Å²) in [5.74, 6) is 2.12. The van der Waals surface area contributed by atoms with Gasteiger partial charge in [0.2, 0.25) is 11.8 Å². The number of nitrogens with one attached hydrogen (secondary N) is 4. The summed E-state index contributed by atoms with van der Waals surface area (Å²) in [5.41, 5.74) is 0.625. The standard InChI is InChI=1S/C16H25N7O2/c1-9-4-11(5-10(2)17-9)18-16-20-13(7-15(21-16)25-3)19-14-6-12(8-24)22-23-14/h6-7,9-11,17,24H,4-5,8H2,1-3H3,(H3,18,19,20,21,22,23)/t9-,10+,11?. The molecule has 0 radical (unpaired) electrons. The summed E-state index contributed by atoms with van der Waals surface area (Å²) >= 11 is 0. The van der Waals surface area contributed by atoms with Crippen molar-refractivity contribution >= 4 is 17.6 Å². The normalized spacial score (nSPS) is 23.3. The molecule has 9 nitrogen and oxygen atoms in total. The zero-order valence-electron chi connectivity index (χ0n) is 14.7. The van der Waals surface area contributed by atoms with Crippen molar-refractivity contribution in [2.75, 3.05) is 17.7 Å². The van der Waals surface area contributed by atoms with Crippen LogP contribution < -0.4 is 20.7 Å². The molecule has 1 aliphatic heterocycles. The Balaban J connectivity index is 1.75. The number of anilines is 3. The molecule has 1 unspecified atom stereocenters. The first-order valence-electron chi connectivity index (χ1n) is 8.43. The summed E-state index contributed by atoms with van der Waals surface area (Å²) in [6, 6.07) is 4.62. The maximum atomic E-state index is 9.11. The fourth-order valence-electron chi connectivity index (χ4n) is 3.17. The van der Waals surface area contributed by atoms with E-state index in [2.05, 4.69) is 50.0 Å². The van der Waals surface area contributed by atoms with Crippen LogP contribution in [-0.2, 0) is 6.61 Å². The number of piperidine rings is 1. The number of hydrogen-bond acceptors (Lipinski definition) is 8. The first-order valence-corrected chi connectivity index (χ1v) is 8.43. The van der Waals surface area contributed by atoms with Crippen LogP contribution in [0.5, 0.6) is 5.88 Å². The molecule has 3 heterocycles. The van der Waals surface area contributed by atoms with E-state index in [1.54, 1.807) is 19.2 Å². The highest BCUT2D eigenvalue weighted by Crippen LogP contribution is 2.22. The first-order chi connectivity index (χ1) is 12.1. The van der Waals surface area contributed by atoms with Crippen LogP contribution in [0, 0.1) is 0 Å². The Morgan fingerprint density at radius 3 is 2.60 bits per heavy atom. The fraction of sp³-hybridized carbons (Fsp3) is 0.562. The van der Waals surface area contributed by atoms with E-state index in [1.165, 1.54) is 0 Å². The van der Waals surface area contributed by atoms with Crippen molar-refractivity contribution in [2.45, 2.75) is 51.4 Å². The minimum atomic E-state index is -0.0966. The van der Waals surface area contributed by atoms with Crippen molar-refractivity contribution < 1.29 is 9.84 Å². The predicted octanol–water partition coefficient (Wildman–Crippen LogP) is 1.39. The molecule has 0 spiro atoms. The van der Waals surface area contributed by atoms with E-state index in [4.69, 9.17) is 9.84 Å². The maximum absolute atomic E-state index is 9.11. The average molecular weight is 347 g/mol. The van der Waals surface area contributed by atoms with Gasteiger partial charge in [0.1, 0.15) is 5.82 Å². The number of rotatable bonds is 6. The summed E-state index contributed by atoms with van der Waals surface area (Å²) in [5, 5.41) is 25.9. The van der Waals surface area contributed by atoms with Gasteiger partial charge in [-0.1, -0.05) is 0 Å². The van der Waals surface area contributed by atoms with Crippen molar-refractivity contribution in [3.63, 3.8) is 0 Å². The van der Waals surface area contributed by atoms with E-state index in [1.807, 2.05) is 0 Å². The SMILES string of the molecule is COc1cc(Nc2cc(CO)[nH]n2)nc(NC2C[C@@H](C)N[C@@H](C)C2)n1. The molecule has 0 amide bonds. The molecule has 0 bridgehead atoms. The minimum Gasteiger partial charge on any atom is -0.481 e.